The highest BCUT2D eigenvalue weighted by atomic mass is 16.6. The first kappa shape index (κ1) is 16.9. The molecule has 0 fully saturated rings. The number of nitro groups is 1. The van der Waals surface area contributed by atoms with Gasteiger partial charge in [0.1, 0.15) is 5.75 Å². The molecule has 0 spiro atoms. The second kappa shape index (κ2) is 8.94. The van der Waals surface area contributed by atoms with Crippen molar-refractivity contribution in [3.63, 3.8) is 0 Å². The molecular weight excluding hydrogens is 272 g/mol. The van der Waals surface area contributed by atoms with Crippen LogP contribution in [-0.4, -0.2) is 24.0 Å². The lowest BCUT2D eigenvalue weighted by molar-refractivity contribution is -0.385. The molecule has 0 heterocycles. The highest BCUT2D eigenvalue weighted by molar-refractivity contribution is 5.77. The van der Waals surface area contributed by atoms with Crippen molar-refractivity contribution in [2.24, 2.45) is 0 Å². The molecule has 6 heteroatoms. The first-order valence-corrected chi connectivity index (χ1v) is 7.19. The Kier molecular flexibility index (Phi) is 7.21. The van der Waals surface area contributed by atoms with Crippen LogP contribution in [0.1, 0.15) is 38.2 Å². The second-order valence-corrected chi connectivity index (χ2v) is 4.86. The number of nitrogens with zero attached hydrogens (tertiary/aromatic N) is 1. The maximum absolute atomic E-state index is 11.6. The second-order valence-electron chi connectivity index (χ2n) is 4.86. The minimum Gasteiger partial charge on any atom is -0.483 e. The lowest BCUT2D eigenvalue weighted by atomic mass is 10.2. The van der Waals surface area contributed by atoms with Gasteiger partial charge in [-0.15, -0.1) is 0 Å². The number of amides is 1. The first-order chi connectivity index (χ1) is 10.1. The van der Waals surface area contributed by atoms with E-state index in [1.165, 1.54) is 12.5 Å². The van der Waals surface area contributed by atoms with Crippen LogP contribution in [0.4, 0.5) is 5.69 Å². The summed E-state index contributed by atoms with van der Waals surface area (Å²) in [6.45, 7) is 4.25. The lowest BCUT2D eigenvalue weighted by Crippen LogP contribution is -2.29. The van der Waals surface area contributed by atoms with Crippen molar-refractivity contribution in [2.75, 3.05) is 13.2 Å². The Balaban J connectivity index is 2.39. The van der Waals surface area contributed by atoms with E-state index in [1.54, 1.807) is 19.1 Å². The molecule has 1 rings (SSSR count). The van der Waals surface area contributed by atoms with Crippen molar-refractivity contribution in [2.45, 2.75) is 39.5 Å². The van der Waals surface area contributed by atoms with Gasteiger partial charge in [0, 0.05) is 12.6 Å². The molecule has 0 aliphatic rings. The smallest absolute Gasteiger partial charge is 0.276 e. The molecule has 0 bridgehead atoms. The minimum atomic E-state index is -0.462. The van der Waals surface area contributed by atoms with E-state index >= 15 is 0 Å². The lowest BCUT2D eigenvalue weighted by Gasteiger charge is -2.09. The summed E-state index contributed by atoms with van der Waals surface area (Å²) >= 11 is 0. The number of carbonyl (C=O) groups is 1. The quantitative estimate of drug-likeness (QED) is 0.431. The number of benzene rings is 1. The van der Waals surface area contributed by atoms with Gasteiger partial charge in [-0.05, 0) is 19.4 Å². The Morgan fingerprint density at radius 1 is 1.33 bits per heavy atom. The van der Waals surface area contributed by atoms with Crippen LogP contribution < -0.4 is 10.1 Å². The van der Waals surface area contributed by atoms with Gasteiger partial charge in [0.15, 0.2) is 6.61 Å². The van der Waals surface area contributed by atoms with Crippen LogP contribution in [0.15, 0.2) is 18.2 Å². The average molecular weight is 294 g/mol. The van der Waals surface area contributed by atoms with E-state index < -0.39 is 4.92 Å². The Morgan fingerprint density at radius 2 is 2.10 bits per heavy atom. The summed E-state index contributed by atoms with van der Waals surface area (Å²) in [4.78, 5) is 22.0. The topological polar surface area (TPSA) is 81.5 Å². The van der Waals surface area contributed by atoms with Gasteiger partial charge >= 0.3 is 0 Å². The summed E-state index contributed by atoms with van der Waals surface area (Å²) in [5.41, 5.74) is 0.422. The average Bonchev–Trinajstić information content (AvgIpc) is 2.45. The van der Waals surface area contributed by atoms with Gasteiger partial charge in [0.2, 0.25) is 0 Å². The number of unbranched alkanes of at least 4 members (excludes halogenated alkanes) is 3. The molecular formula is C15H22N2O4. The molecule has 0 aromatic heterocycles. The molecule has 1 aromatic carbocycles. The standard InChI is InChI=1S/C15H22N2O4/c1-3-4-5-6-10-16-15(18)11-21-14-9-7-8-13(12(14)2)17(19)20/h7-9H,3-6,10-11H2,1-2H3,(H,16,18). The number of nitrogens with one attached hydrogen (secondary N) is 1. The molecule has 0 saturated heterocycles. The summed E-state index contributed by atoms with van der Waals surface area (Å²) in [5.74, 6) is 0.155. The van der Waals surface area contributed by atoms with Crippen LogP contribution in [0.5, 0.6) is 5.75 Å². The van der Waals surface area contributed by atoms with Crippen LogP contribution >= 0.6 is 0 Å². The van der Waals surface area contributed by atoms with E-state index in [-0.39, 0.29) is 18.2 Å². The predicted molar refractivity (Wildman–Crippen MR) is 80.5 cm³/mol. The number of ether oxygens (including phenoxy) is 1. The van der Waals surface area contributed by atoms with Gasteiger partial charge < -0.3 is 10.1 Å². The maximum Gasteiger partial charge on any atom is 0.276 e. The molecule has 6 nitrogen and oxygen atoms in total. The number of nitro benzene ring substituents is 1. The zero-order valence-corrected chi connectivity index (χ0v) is 12.6. The van der Waals surface area contributed by atoms with E-state index in [0.717, 1.165) is 19.3 Å². The van der Waals surface area contributed by atoms with Crippen LogP contribution in [0.25, 0.3) is 0 Å². The van der Waals surface area contributed by atoms with Crippen LogP contribution in [0, 0.1) is 17.0 Å². The fourth-order valence-corrected chi connectivity index (χ4v) is 1.93. The van der Waals surface area contributed by atoms with Crippen molar-refractivity contribution in [1.29, 1.82) is 0 Å². The van der Waals surface area contributed by atoms with Crippen molar-refractivity contribution in [3.05, 3.63) is 33.9 Å². The van der Waals surface area contributed by atoms with E-state index in [9.17, 15) is 14.9 Å². The van der Waals surface area contributed by atoms with E-state index in [2.05, 4.69) is 12.2 Å². The van der Waals surface area contributed by atoms with Gasteiger partial charge in [0.05, 0.1) is 10.5 Å². The molecule has 1 amide bonds. The van der Waals surface area contributed by atoms with Crippen molar-refractivity contribution in [1.82, 2.24) is 5.32 Å². The van der Waals surface area contributed by atoms with Crippen molar-refractivity contribution in [3.8, 4) is 5.75 Å². The predicted octanol–water partition coefficient (Wildman–Crippen LogP) is 2.98. The Hall–Kier alpha value is -2.11. The molecule has 0 aliphatic carbocycles. The molecule has 0 aliphatic heterocycles. The Bertz CT molecular complexity index is 489. The monoisotopic (exact) mass is 294 g/mol. The Labute approximate surface area is 124 Å². The highest BCUT2D eigenvalue weighted by Gasteiger charge is 2.14. The highest BCUT2D eigenvalue weighted by Crippen LogP contribution is 2.26. The zero-order valence-electron chi connectivity index (χ0n) is 12.6. The van der Waals surface area contributed by atoms with Gasteiger partial charge in [0.25, 0.3) is 11.6 Å². The van der Waals surface area contributed by atoms with E-state index in [4.69, 9.17) is 4.74 Å². The number of hydrogen-bond donors (Lipinski definition) is 1. The number of rotatable bonds is 9. The third-order valence-electron chi connectivity index (χ3n) is 3.16. The summed E-state index contributed by atoms with van der Waals surface area (Å²) in [6.07, 6.45) is 4.37. The molecule has 1 aromatic rings. The number of carbonyl (C=O) groups excluding carboxylic acids is 1. The fraction of sp³-hybridized carbons (Fsp3) is 0.533. The summed E-state index contributed by atoms with van der Waals surface area (Å²) in [7, 11) is 0. The molecule has 0 atom stereocenters. The Morgan fingerprint density at radius 3 is 2.76 bits per heavy atom. The summed E-state index contributed by atoms with van der Waals surface area (Å²) in [6, 6.07) is 4.58. The van der Waals surface area contributed by atoms with Crippen molar-refractivity contribution >= 4 is 11.6 Å². The maximum atomic E-state index is 11.6. The van der Waals surface area contributed by atoms with Gasteiger partial charge in [-0.3, -0.25) is 14.9 Å². The molecule has 21 heavy (non-hydrogen) atoms. The van der Waals surface area contributed by atoms with Gasteiger partial charge in [-0.1, -0.05) is 32.3 Å². The fourth-order valence-electron chi connectivity index (χ4n) is 1.93. The molecule has 0 saturated carbocycles. The van der Waals surface area contributed by atoms with Gasteiger partial charge in [-0.25, -0.2) is 0 Å². The van der Waals surface area contributed by atoms with Crippen LogP contribution in [-0.2, 0) is 4.79 Å². The van der Waals surface area contributed by atoms with E-state index in [0.29, 0.717) is 17.9 Å². The first-order valence-electron chi connectivity index (χ1n) is 7.19. The summed E-state index contributed by atoms with van der Waals surface area (Å²) < 4.78 is 5.35. The van der Waals surface area contributed by atoms with Gasteiger partial charge in [-0.2, -0.15) is 0 Å². The molecule has 0 radical (unpaired) electrons. The normalized spacial score (nSPS) is 10.2. The molecule has 116 valence electrons. The number of hydrogen-bond acceptors (Lipinski definition) is 4. The zero-order chi connectivity index (χ0) is 15.7. The van der Waals surface area contributed by atoms with E-state index in [1.807, 2.05) is 0 Å². The van der Waals surface area contributed by atoms with Crippen LogP contribution in [0.3, 0.4) is 0 Å². The minimum absolute atomic E-state index is 0.00697. The third-order valence-corrected chi connectivity index (χ3v) is 3.16. The van der Waals surface area contributed by atoms with Crippen molar-refractivity contribution < 1.29 is 14.5 Å². The van der Waals surface area contributed by atoms with Crippen LogP contribution in [0.2, 0.25) is 0 Å². The third kappa shape index (κ3) is 5.81. The molecule has 0 unspecified atom stereocenters. The molecule has 1 N–H and O–H groups in total. The largest absolute Gasteiger partial charge is 0.483 e. The SMILES string of the molecule is CCCCCCNC(=O)COc1cccc([N+](=O)[O-])c1C. The summed E-state index contributed by atoms with van der Waals surface area (Å²) in [5, 5.41) is 13.6.